The van der Waals surface area contributed by atoms with Crippen molar-refractivity contribution in [3.05, 3.63) is 12.2 Å². The smallest absolute Gasteiger partial charge is 0.293 e. The molecule has 0 aromatic rings. The number of ether oxygens (including phenoxy) is 1. The van der Waals surface area contributed by atoms with Crippen LogP contribution in [0.25, 0.3) is 0 Å². The van der Waals surface area contributed by atoms with Crippen LogP contribution in [-0.4, -0.2) is 25.2 Å². The quantitative estimate of drug-likeness (QED) is 0.497. The highest BCUT2D eigenvalue weighted by Gasteiger charge is 2.07. The Morgan fingerprint density at radius 3 is 2.15 bits per heavy atom. The van der Waals surface area contributed by atoms with E-state index in [0.29, 0.717) is 6.47 Å². The minimum Gasteiger partial charge on any atom is -0.462 e. The van der Waals surface area contributed by atoms with Gasteiger partial charge in [0.05, 0.1) is 0 Å². The first-order valence-electron chi connectivity index (χ1n) is 4.53. The van der Waals surface area contributed by atoms with Gasteiger partial charge in [-0.25, -0.2) is 0 Å². The van der Waals surface area contributed by atoms with E-state index in [1.165, 1.54) is 6.42 Å². The number of hydrogen-bond donors (Lipinski definition) is 1. The Bertz CT molecular complexity index is 151. The molecule has 0 fully saturated rings. The van der Waals surface area contributed by atoms with Crippen molar-refractivity contribution in [3.63, 3.8) is 0 Å². The second kappa shape index (κ2) is 6.66. The Morgan fingerprint density at radius 1 is 1.38 bits per heavy atom. The highest BCUT2D eigenvalue weighted by molar-refractivity contribution is 5.37. The van der Waals surface area contributed by atoms with E-state index in [9.17, 15) is 4.79 Å². The number of nitrogens with one attached hydrogen (secondary N) is 1. The lowest BCUT2D eigenvalue weighted by atomic mass is 10.2. The lowest BCUT2D eigenvalue weighted by Crippen LogP contribution is -2.17. The molecule has 0 aliphatic carbocycles. The molecule has 3 heteroatoms. The predicted octanol–water partition coefficient (Wildman–Crippen LogP) is 1.49. The highest BCUT2D eigenvalue weighted by Crippen LogP contribution is 2.02. The van der Waals surface area contributed by atoms with Crippen molar-refractivity contribution in [1.29, 1.82) is 0 Å². The summed E-state index contributed by atoms with van der Waals surface area (Å²) in [5.74, 6) is 0. The summed E-state index contributed by atoms with van der Waals surface area (Å²) in [6, 6.07) is 0. The molecule has 3 nitrogen and oxygen atoms in total. The second-order valence-corrected chi connectivity index (χ2v) is 3.79. The zero-order valence-corrected chi connectivity index (χ0v) is 8.67. The van der Waals surface area contributed by atoms with Gasteiger partial charge in [0, 0.05) is 6.54 Å². The van der Waals surface area contributed by atoms with Gasteiger partial charge in [0.15, 0.2) is 0 Å². The molecule has 1 N–H and O–H groups in total. The highest BCUT2D eigenvalue weighted by atomic mass is 16.5. The number of hydrogen-bond acceptors (Lipinski definition) is 3. The molecule has 0 aromatic carbocycles. The van der Waals surface area contributed by atoms with Crippen LogP contribution < -0.4 is 5.32 Å². The minimum absolute atomic E-state index is 0.318. The molecule has 0 aromatic heterocycles. The van der Waals surface area contributed by atoms with Gasteiger partial charge in [0.1, 0.15) is 5.60 Å². The molecule has 13 heavy (non-hydrogen) atoms. The molecule has 0 unspecified atom stereocenters. The summed E-state index contributed by atoms with van der Waals surface area (Å²) in [5, 5.41) is 3.20. The maximum Gasteiger partial charge on any atom is 0.293 e. The zero-order chi connectivity index (χ0) is 10.2. The average molecular weight is 185 g/mol. The van der Waals surface area contributed by atoms with Crippen molar-refractivity contribution in [1.82, 2.24) is 5.32 Å². The molecular formula is C10H19NO2. The molecule has 1 aliphatic heterocycles. The first kappa shape index (κ1) is 12.2. The number of carbonyl (C=O) groups is 1. The summed E-state index contributed by atoms with van der Waals surface area (Å²) in [7, 11) is 0. The topological polar surface area (TPSA) is 38.3 Å². The SMILES string of the molecule is C1=CCNCC1.CC(C)(C)OC=O. The van der Waals surface area contributed by atoms with Crippen molar-refractivity contribution >= 4 is 6.47 Å². The molecule has 0 bridgehead atoms. The Labute approximate surface area is 80.2 Å². The normalized spacial score (nSPS) is 15.6. The average Bonchev–Trinajstić information content (AvgIpc) is 2.06. The van der Waals surface area contributed by atoms with Crippen LogP contribution in [0.3, 0.4) is 0 Å². The van der Waals surface area contributed by atoms with E-state index in [1.54, 1.807) is 0 Å². The monoisotopic (exact) mass is 185 g/mol. The van der Waals surface area contributed by atoms with E-state index in [2.05, 4.69) is 22.2 Å². The third-order valence-electron chi connectivity index (χ3n) is 1.32. The van der Waals surface area contributed by atoms with Crippen LogP contribution in [0.15, 0.2) is 12.2 Å². The molecular weight excluding hydrogens is 166 g/mol. The molecule has 76 valence electrons. The van der Waals surface area contributed by atoms with Gasteiger partial charge in [-0.1, -0.05) is 12.2 Å². The summed E-state index contributed by atoms with van der Waals surface area (Å²) >= 11 is 0. The van der Waals surface area contributed by atoms with Crippen LogP contribution in [-0.2, 0) is 9.53 Å². The van der Waals surface area contributed by atoms with Crippen LogP contribution >= 0.6 is 0 Å². The predicted molar refractivity (Wildman–Crippen MR) is 53.5 cm³/mol. The van der Waals surface area contributed by atoms with Crippen LogP contribution in [0.2, 0.25) is 0 Å². The molecule has 0 spiro atoms. The molecule has 1 aliphatic rings. The molecule has 1 heterocycles. The Balaban J connectivity index is 0.000000223. The molecule has 0 saturated heterocycles. The third kappa shape index (κ3) is 11.2. The van der Waals surface area contributed by atoms with Gasteiger partial charge in [-0.05, 0) is 33.7 Å². The fourth-order valence-electron chi connectivity index (χ4n) is 0.716. The Kier molecular flexibility index (Phi) is 6.24. The van der Waals surface area contributed by atoms with Crippen LogP contribution in [0.5, 0.6) is 0 Å². The fourth-order valence-corrected chi connectivity index (χ4v) is 0.716. The van der Waals surface area contributed by atoms with E-state index < -0.39 is 0 Å². The molecule has 0 amide bonds. The van der Waals surface area contributed by atoms with Gasteiger partial charge in [-0.3, -0.25) is 4.79 Å². The first-order chi connectivity index (χ1) is 6.06. The fraction of sp³-hybridized carbons (Fsp3) is 0.700. The van der Waals surface area contributed by atoms with Gasteiger partial charge in [0.2, 0.25) is 0 Å². The lowest BCUT2D eigenvalue weighted by Gasteiger charge is -2.14. The first-order valence-corrected chi connectivity index (χ1v) is 4.53. The number of rotatable bonds is 1. The van der Waals surface area contributed by atoms with Gasteiger partial charge in [-0.2, -0.15) is 0 Å². The Morgan fingerprint density at radius 2 is 2.08 bits per heavy atom. The van der Waals surface area contributed by atoms with Gasteiger partial charge >= 0.3 is 0 Å². The largest absolute Gasteiger partial charge is 0.462 e. The lowest BCUT2D eigenvalue weighted by molar-refractivity contribution is -0.138. The standard InChI is InChI=1S/C5H9N.C5H10O2/c1-2-4-6-5-3-1;1-5(2,3)7-4-6/h1-2,6H,3-5H2;4H,1-3H3. The maximum absolute atomic E-state index is 9.60. The summed E-state index contributed by atoms with van der Waals surface area (Å²) < 4.78 is 4.55. The summed E-state index contributed by atoms with van der Waals surface area (Å²) in [6.07, 6.45) is 5.57. The van der Waals surface area contributed by atoms with Gasteiger partial charge < -0.3 is 10.1 Å². The third-order valence-corrected chi connectivity index (χ3v) is 1.32. The summed E-state index contributed by atoms with van der Waals surface area (Å²) in [5.41, 5.74) is -0.318. The van der Waals surface area contributed by atoms with E-state index >= 15 is 0 Å². The van der Waals surface area contributed by atoms with Gasteiger partial charge in [0.25, 0.3) is 6.47 Å². The van der Waals surface area contributed by atoms with Crippen LogP contribution in [0.1, 0.15) is 27.2 Å². The van der Waals surface area contributed by atoms with Gasteiger partial charge in [-0.15, -0.1) is 0 Å². The van der Waals surface area contributed by atoms with Crippen LogP contribution in [0, 0.1) is 0 Å². The molecule has 0 saturated carbocycles. The maximum atomic E-state index is 9.60. The van der Waals surface area contributed by atoms with E-state index in [4.69, 9.17) is 0 Å². The molecule has 0 atom stereocenters. The summed E-state index contributed by atoms with van der Waals surface area (Å²) in [6.45, 7) is 8.15. The van der Waals surface area contributed by atoms with Crippen molar-refractivity contribution in [3.8, 4) is 0 Å². The van der Waals surface area contributed by atoms with E-state index in [0.717, 1.165) is 13.1 Å². The zero-order valence-electron chi connectivity index (χ0n) is 8.67. The Hall–Kier alpha value is -0.830. The van der Waals surface area contributed by atoms with E-state index in [-0.39, 0.29) is 5.60 Å². The summed E-state index contributed by atoms with van der Waals surface area (Å²) in [4.78, 5) is 9.60. The van der Waals surface area contributed by atoms with Crippen molar-refractivity contribution in [2.24, 2.45) is 0 Å². The van der Waals surface area contributed by atoms with Crippen molar-refractivity contribution < 1.29 is 9.53 Å². The van der Waals surface area contributed by atoms with Crippen molar-refractivity contribution in [2.45, 2.75) is 32.8 Å². The molecule has 0 radical (unpaired) electrons. The van der Waals surface area contributed by atoms with Crippen molar-refractivity contribution in [2.75, 3.05) is 13.1 Å². The van der Waals surface area contributed by atoms with Crippen LogP contribution in [0.4, 0.5) is 0 Å². The second-order valence-electron chi connectivity index (χ2n) is 3.79. The molecule has 1 rings (SSSR count). The number of carbonyl (C=O) groups excluding carboxylic acids is 1. The minimum atomic E-state index is -0.318. The van der Waals surface area contributed by atoms with E-state index in [1.807, 2.05) is 20.8 Å².